The molecule has 3 aliphatic rings. The largest absolute Gasteiger partial charge is 0.349 e. The summed E-state index contributed by atoms with van der Waals surface area (Å²) in [4.78, 5) is 39.0. The number of hydrogen-bond acceptors (Lipinski definition) is 3. The quantitative estimate of drug-likeness (QED) is 0.764. The lowest BCUT2D eigenvalue weighted by Gasteiger charge is -2.27. The number of hydrogen-bond donors (Lipinski definition) is 1. The van der Waals surface area contributed by atoms with Crippen LogP contribution in [0, 0.1) is 23.2 Å². The maximum absolute atomic E-state index is 12.6. The van der Waals surface area contributed by atoms with Crippen LogP contribution in [0.3, 0.4) is 0 Å². The fourth-order valence-electron chi connectivity index (χ4n) is 5.34. The monoisotopic (exact) mass is 402 g/mol. The van der Waals surface area contributed by atoms with Gasteiger partial charge >= 0.3 is 0 Å². The molecule has 0 aromatic heterocycles. The zero-order valence-electron chi connectivity index (χ0n) is 16.6. The second-order valence-corrected chi connectivity index (χ2v) is 9.59. The SMILES string of the molecule is CCC(NC(=O)c1ccc(Cl)cc1)[C@H]1[C@@H]2C[C@@H](N3C(=O)CC(C)(C)C3=O)C[C@@H]21. The van der Waals surface area contributed by atoms with Gasteiger partial charge in [0, 0.05) is 29.1 Å². The third-order valence-electron chi connectivity index (χ3n) is 6.84. The number of fused-ring (bicyclic) bond motifs is 1. The van der Waals surface area contributed by atoms with Crippen molar-refractivity contribution in [2.45, 2.75) is 58.5 Å². The molecule has 1 heterocycles. The number of rotatable bonds is 5. The minimum absolute atomic E-state index is 0.0246. The molecule has 2 saturated carbocycles. The molecular formula is C22H27ClN2O3. The van der Waals surface area contributed by atoms with Gasteiger partial charge in [0.1, 0.15) is 0 Å². The molecule has 1 aromatic carbocycles. The van der Waals surface area contributed by atoms with E-state index in [9.17, 15) is 14.4 Å². The zero-order valence-corrected chi connectivity index (χ0v) is 17.3. The van der Waals surface area contributed by atoms with Crippen LogP contribution in [-0.4, -0.2) is 34.7 Å². The first-order valence-electron chi connectivity index (χ1n) is 10.2. The van der Waals surface area contributed by atoms with Crippen molar-refractivity contribution in [2.75, 3.05) is 0 Å². The fraction of sp³-hybridized carbons (Fsp3) is 0.591. The summed E-state index contributed by atoms with van der Waals surface area (Å²) in [6.07, 6.45) is 2.93. The number of carbonyl (C=O) groups excluding carboxylic acids is 3. The van der Waals surface area contributed by atoms with E-state index >= 15 is 0 Å². The molecule has 150 valence electrons. The molecule has 0 spiro atoms. The van der Waals surface area contributed by atoms with Crippen LogP contribution < -0.4 is 5.32 Å². The fourth-order valence-corrected chi connectivity index (χ4v) is 5.47. The molecule has 2 aliphatic carbocycles. The molecule has 3 amide bonds. The summed E-state index contributed by atoms with van der Waals surface area (Å²) in [5, 5.41) is 3.79. The lowest BCUT2D eigenvalue weighted by molar-refractivity contribution is -0.143. The van der Waals surface area contributed by atoms with Crippen molar-refractivity contribution >= 4 is 29.3 Å². The number of carbonyl (C=O) groups is 3. The highest BCUT2D eigenvalue weighted by Gasteiger charge is 2.61. The minimum atomic E-state index is -0.568. The second kappa shape index (κ2) is 6.87. The first kappa shape index (κ1) is 19.4. The third-order valence-corrected chi connectivity index (χ3v) is 7.09. The standard InChI is InChI=1S/C22H27ClN2O3/c1-4-17(24-20(27)12-5-7-13(23)8-6-12)19-15-9-14(10-16(15)19)25-18(26)11-22(2,3)21(25)28/h5-8,14-17,19H,4,9-11H2,1-3H3,(H,24,27)/t14-,15-,16+,17?,19+. The van der Waals surface area contributed by atoms with Crippen LogP contribution in [0.25, 0.3) is 0 Å². The molecule has 5 nitrogen and oxygen atoms in total. The number of benzene rings is 1. The lowest BCUT2D eigenvalue weighted by atomic mass is 9.92. The van der Waals surface area contributed by atoms with Crippen LogP contribution in [0.15, 0.2) is 24.3 Å². The molecule has 1 N–H and O–H groups in total. The van der Waals surface area contributed by atoms with Crippen molar-refractivity contribution in [3.8, 4) is 0 Å². The number of likely N-dealkylation sites (tertiary alicyclic amines) is 1. The summed E-state index contributed by atoms with van der Waals surface area (Å²) in [5.74, 6) is 1.30. The smallest absolute Gasteiger partial charge is 0.251 e. The summed E-state index contributed by atoms with van der Waals surface area (Å²) in [7, 11) is 0. The minimum Gasteiger partial charge on any atom is -0.349 e. The number of amides is 3. The molecule has 5 atom stereocenters. The first-order valence-corrected chi connectivity index (χ1v) is 10.5. The molecule has 1 unspecified atom stereocenters. The van der Waals surface area contributed by atoms with E-state index < -0.39 is 5.41 Å². The lowest BCUT2D eigenvalue weighted by Crippen LogP contribution is -2.42. The van der Waals surface area contributed by atoms with Crippen molar-refractivity contribution in [1.29, 1.82) is 0 Å². The summed E-state index contributed by atoms with van der Waals surface area (Å²) in [6.45, 7) is 5.80. The Morgan fingerprint density at radius 3 is 2.32 bits per heavy atom. The van der Waals surface area contributed by atoms with Crippen LogP contribution in [0.5, 0.6) is 0 Å². The predicted molar refractivity (Wildman–Crippen MR) is 107 cm³/mol. The van der Waals surface area contributed by atoms with Gasteiger partial charge in [0.15, 0.2) is 0 Å². The first-order chi connectivity index (χ1) is 13.2. The number of nitrogens with one attached hydrogen (secondary N) is 1. The van der Waals surface area contributed by atoms with E-state index in [1.165, 1.54) is 4.90 Å². The van der Waals surface area contributed by atoms with E-state index in [0.717, 1.165) is 19.3 Å². The van der Waals surface area contributed by atoms with E-state index in [1.807, 2.05) is 13.8 Å². The Morgan fingerprint density at radius 2 is 1.82 bits per heavy atom. The highest BCUT2D eigenvalue weighted by Crippen LogP contribution is 2.61. The van der Waals surface area contributed by atoms with Crippen LogP contribution in [0.4, 0.5) is 0 Å². The molecule has 1 aromatic rings. The predicted octanol–water partition coefficient (Wildman–Crippen LogP) is 3.66. The number of imide groups is 1. The number of nitrogens with zero attached hydrogens (tertiary/aromatic N) is 1. The molecule has 1 aliphatic heterocycles. The van der Waals surface area contributed by atoms with E-state index in [0.29, 0.717) is 34.8 Å². The van der Waals surface area contributed by atoms with Gasteiger partial charge in [0.25, 0.3) is 5.91 Å². The van der Waals surface area contributed by atoms with Gasteiger partial charge in [0.05, 0.1) is 5.41 Å². The van der Waals surface area contributed by atoms with Crippen molar-refractivity contribution in [3.63, 3.8) is 0 Å². The van der Waals surface area contributed by atoms with E-state index in [2.05, 4.69) is 12.2 Å². The summed E-state index contributed by atoms with van der Waals surface area (Å²) < 4.78 is 0. The number of halogens is 1. The average Bonchev–Trinajstić information content (AvgIpc) is 3.03. The van der Waals surface area contributed by atoms with Gasteiger partial charge in [-0.05, 0) is 61.3 Å². The molecule has 6 heteroatoms. The Balaban J connectivity index is 1.37. The van der Waals surface area contributed by atoms with Gasteiger partial charge in [-0.1, -0.05) is 32.4 Å². The normalized spacial score (nSPS) is 31.6. The van der Waals surface area contributed by atoms with E-state index in [4.69, 9.17) is 11.6 Å². The van der Waals surface area contributed by atoms with Crippen molar-refractivity contribution in [1.82, 2.24) is 10.2 Å². The van der Waals surface area contributed by atoms with Gasteiger partial charge < -0.3 is 5.32 Å². The van der Waals surface area contributed by atoms with Gasteiger partial charge in [-0.3, -0.25) is 19.3 Å². The molecule has 0 radical (unpaired) electrons. The van der Waals surface area contributed by atoms with Crippen molar-refractivity contribution in [2.24, 2.45) is 23.2 Å². The Morgan fingerprint density at radius 1 is 1.21 bits per heavy atom. The van der Waals surface area contributed by atoms with Crippen LogP contribution in [0.1, 0.15) is 56.8 Å². The summed E-state index contributed by atoms with van der Waals surface area (Å²) >= 11 is 5.90. The van der Waals surface area contributed by atoms with Crippen LogP contribution in [-0.2, 0) is 9.59 Å². The van der Waals surface area contributed by atoms with Gasteiger partial charge in [-0.2, -0.15) is 0 Å². The average molecular weight is 403 g/mol. The molecule has 3 fully saturated rings. The molecule has 1 saturated heterocycles. The maximum atomic E-state index is 12.6. The van der Waals surface area contributed by atoms with Gasteiger partial charge in [-0.15, -0.1) is 0 Å². The Kier molecular flexibility index (Phi) is 4.77. The highest BCUT2D eigenvalue weighted by molar-refractivity contribution is 6.30. The molecular weight excluding hydrogens is 376 g/mol. The third kappa shape index (κ3) is 3.24. The molecule has 4 rings (SSSR count). The van der Waals surface area contributed by atoms with Crippen LogP contribution in [0.2, 0.25) is 5.02 Å². The summed E-state index contributed by atoms with van der Waals surface area (Å²) in [6, 6.07) is 7.08. The topological polar surface area (TPSA) is 66.5 Å². The van der Waals surface area contributed by atoms with Crippen LogP contribution >= 0.6 is 11.6 Å². The second-order valence-electron chi connectivity index (χ2n) is 9.15. The van der Waals surface area contributed by atoms with Gasteiger partial charge in [-0.25, -0.2) is 0 Å². The maximum Gasteiger partial charge on any atom is 0.251 e. The summed E-state index contributed by atoms with van der Waals surface area (Å²) in [5.41, 5.74) is 0.0453. The molecule has 0 bridgehead atoms. The van der Waals surface area contributed by atoms with Crippen molar-refractivity contribution < 1.29 is 14.4 Å². The highest BCUT2D eigenvalue weighted by atomic mass is 35.5. The van der Waals surface area contributed by atoms with Crippen molar-refractivity contribution in [3.05, 3.63) is 34.9 Å². The Labute approximate surface area is 170 Å². The van der Waals surface area contributed by atoms with E-state index in [-0.39, 0.29) is 29.8 Å². The Bertz CT molecular complexity index is 808. The van der Waals surface area contributed by atoms with Gasteiger partial charge in [0.2, 0.25) is 11.8 Å². The molecule has 28 heavy (non-hydrogen) atoms. The zero-order chi connectivity index (χ0) is 20.2. The Hall–Kier alpha value is -1.88. The van der Waals surface area contributed by atoms with E-state index in [1.54, 1.807) is 24.3 Å².